The molecule has 182 valence electrons. The average molecular weight is 539 g/mol. The van der Waals surface area contributed by atoms with Crippen LogP contribution < -0.4 is 19.6 Å². The minimum atomic E-state index is -0.591. The number of fused-ring (bicyclic) bond motifs is 1. The fourth-order valence-corrected chi connectivity index (χ4v) is 5.79. The molecule has 1 aliphatic rings. The van der Waals surface area contributed by atoms with Gasteiger partial charge in [-0.1, -0.05) is 46.7 Å². The Labute approximate surface area is 220 Å². The summed E-state index contributed by atoms with van der Waals surface area (Å²) >= 11 is 13.6. The van der Waals surface area contributed by atoms with Gasteiger partial charge in [-0.2, -0.15) is 0 Å². The van der Waals surface area contributed by atoms with Crippen LogP contribution in [-0.4, -0.2) is 17.5 Å². The lowest BCUT2D eigenvalue weighted by atomic mass is 9.93. The van der Waals surface area contributed by atoms with E-state index in [0.717, 1.165) is 5.56 Å². The number of rotatable bonds is 5. The van der Waals surface area contributed by atoms with Crippen LogP contribution in [0.2, 0.25) is 10.0 Å². The Morgan fingerprint density at radius 1 is 1.14 bits per heavy atom. The fraction of sp³-hybridized carbons (Fsp3) is 0.148. The standard InChI is InChI=1S/C27H20Cl2N2O4S/c1-14-24(15(2)32)25(16-4-7-18(34-3)8-5-16)31-26(33)23(36-27(31)30-14)13-19-9-11-22(35-19)20-10-6-17(28)12-21(20)29/h4-13,25H,1-3H3/b23-13+/t25-/m1/s1. The molecule has 0 fully saturated rings. The molecule has 36 heavy (non-hydrogen) atoms. The predicted octanol–water partition coefficient (Wildman–Crippen LogP) is 5.40. The number of nitrogens with zero attached hydrogens (tertiary/aromatic N) is 2. The van der Waals surface area contributed by atoms with Gasteiger partial charge < -0.3 is 9.15 Å². The summed E-state index contributed by atoms with van der Waals surface area (Å²) in [6.45, 7) is 3.28. The van der Waals surface area contributed by atoms with Crippen LogP contribution in [-0.2, 0) is 4.79 Å². The number of thiazole rings is 1. The topological polar surface area (TPSA) is 73.8 Å². The van der Waals surface area contributed by atoms with Gasteiger partial charge in [0.15, 0.2) is 10.6 Å². The molecule has 0 radical (unpaired) electrons. The van der Waals surface area contributed by atoms with Crippen LogP contribution in [0.3, 0.4) is 0 Å². The first-order valence-electron chi connectivity index (χ1n) is 11.0. The summed E-state index contributed by atoms with van der Waals surface area (Å²) in [7, 11) is 1.59. The number of hydrogen-bond donors (Lipinski definition) is 0. The molecule has 5 rings (SSSR count). The van der Waals surface area contributed by atoms with E-state index in [1.165, 1.54) is 18.3 Å². The van der Waals surface area contributed by atoms with Crippen LogP contribution in [0.25, 0.3) is 17.4 Å². The van der Waals surface area contributed by atoms with Gasteiger partial charge in [-0.3, -0.25) is 14.2 Å². The Kier molecular flexibility index (Phi) is 6.47. The van der Waals surface area contributed by atoms with Gasteiger partial charge in [0, 0.05) is 27.9 Å². The van der Waals surface area contributed by atoms with Gasteiger partial charge in [-0.25, -0.2) is 4.99 Å². The quantitative estimate of drug-likeness (QED) is 0.341. The van der Waals surface area contributed by atoms with Gasteiger partial charge in [0.05, 0.1) is 22.7 Å². The first-order chi connectivity index (χ1) is 17.3. The number of benzene rings is 2. The molecular weight excluding hydrogens is 519 g/mol. The van der Waals surface area contributed by atoms with E-state index in [2.05, 4.69) is 4.99 Å². The second-order valence-electron chi connectivity index (χ2n) is 8.24. The molecule has 1 atom stereocenters. The van der Waals surface area contributed by atoms with Crippen molar-refractivity contribution < 1.29 is 13.9 Å². The largest absolute Gasteiger partial charge is 0.497 e. The Hall–Kier alpha value is -3.39. The minimum Gasteiger partial charge on any atom is -0.497 e. The number of hydrogen-bond acceptors (Lipinski definition) is 6. The zero-order chi connectivity index (χ0) is 25.6. The summed E-state index contributed by atoms with van der Waals surface area (Å²) in [6, 6.07) is 15.5. The van der Waals surface area contributed by atoms with Crippen molar-refractivity contribution in [2.45, 2.75) is 19.9 Å². The van der Waals surface area contributed by atoms with Gasteiger partial charge in [0.2, 0.25) is 0 Å². The Morgan fingerprint density at radius 3 is 2.56 bits per heavy atom. The second-order valence-corrected chi connectivity index (χ2v) is 10.1. The number of carbonyl (C=O) groups is 1. The van der Waals surface area contributed by atoms with E-state index in [1.54, 1.807) is 55.0 Å². The summed E-state index contributed by atoms with van der Waals surface area (Å²) in [5.41, 5.74) is 2.31. The molecule has 9 heteroatoms. The molecule has 0 saturated heterocycles. The van der Waals surface area contributed by atoms with E-state index in [-0.39, 0.29) is 11.3 Å². The normalized spacial score (nSPS) is 15.6. The van der Waals surface area contributed by atoms with Crippen molar-refractivity contribution in [3.8, 4) is 17.1 Å². The number of ether oxygens (including phenoxy) is 1. The lowest BCUT2D eigenvalue weighted by Crippen LogP contribution is -2.39. The molecule has 0 amide bonds. The van der Waals surface area contributed by atoms with E-state index in [4.69, 9.17) is 32.4 Å². The Morgan fingerprint density at radius 2 is 1.89 bits per heavy atom. The SMILES string of the molecule is COc1ccc([C@@H]2C(C(C)=O)=C(C)N=c3s/c(=C/c4ccc(-c5ccc(Cl)cc5Cl)o4)c(=O)n32)cc1. The molecule has 4 aromatic rings. The number of methoxy groups -OCH3 is 1. The van der Waals surface area contributed by atoms with Gasteiger partial charge in [0.1, 0.15) is 17.3 Å². The zero-order valence-corrected chi connectivity index (χ0v) is 21.9. The fourth-order valence-electron chi connectivity index (χ4n) is 4.27. The highest BCUT2D eigenvalue weighted by molar-refractivity contribution is 7.07. The number of furan rings is 1. The highest BCUT2D eigenvalue weighted by Gasteiger charge is 2.30. The summed E-state index contributed by atoms with van der Waals surface area (Å²) < 4.78 is 13.2. The number of aromatic nitrogens is 1. The number of ketones is 1. The molecule has 6 nitrogen and oxygen atoms in total. The number of allylic oxidation sites excluding steroid dienone is 2. The molecule has 1 aliphatic heterocycles. The maximum Gasteiger partial charge on any atom is 0.271 e. The van der Waals surface area contributed by atoms with Crippen molar-refractivity contribution in [1.82, 2.24) is 4.57 Å². The van der Waals surface area contributed by atoms with E-state index < -0.39 is 6.04 Å². The van der Waals surface area contributed by atoms with Crippen molar-refractivity contribution >= 4 is 46.4 Å². The van der Waals surface area contributed by atoms with Crippen LogP contribution in [0.5, 0.6) is 5.75 Å². The third-order valence-corrected chi connectivity index (χ3v) is 7.46. The van der Waals surface area contributed by atoms with Crippen LogP contribution >= 0.6 is 34.5 Å². The lowest BCUT2D eigenvalue weighted by molar-refractivity contribution is -0.114. The Bertz CT molecular complexity index is 1710. The third kappa shape index (κ3) is 4.34. The molecule has 0 N–H and O–H groups in total. The van der Waals surface area contributed by atoms with Gasteiger partial charge in [-0.05, 0) is 61.9 Å². The number of halogens is 2. The summed E-state index contributed by atoms with van der Waals surface area (Å²) in [4.78, 5) is 31.3. The predicted molar refractivity (Wildman–Crippen MR) is 142 cm³/mol. The van der Waals surface area contributed by atoms with Gasteiger partial charge in [-0.15, -0.1) is 0 Å². The highest BCUT2D eigenvalue weighted by Crippen LogP contribution is 2.33. The van der Waals surface area contributed by atoms with Gasteiger partial charge in [0.25, 0.3) is 5.56 Å². The summed E-state index contributed by atoms with van der Waals surface area (Å²) in [5, 5.41) is 0.998. The third-order valence-electron chi connectivity index (χ3n) is 5.93. The smallest absolute Gasteiger partial charge is 0.271 e. The maximum atomic E-state index is 13.6. The highest BCUT2D eigenvalue weighted by atomic mass is 35.5. The molecule has 2 aromatic carbocycles. The van der Waals surface area contributed by atoms with E-state index >= 15 is 0 Å². The molecule has 0 saturated carbocycles. The molecule has 0 aliphatic carbocycles. The molecule has 2 aromatic heterocycles. The molecule has 0 spiro atoms. The molecule has 3 heterocycles. The number of carbonyl (C=O) groups excluding carboxylic acids is 1. The van der Waals surface area contributed by atoms with E-state index in [0.29, 0.717) is 53.5 Å². The lowest BCUT2D eigenvalue weighted by Gasteiger charge is -2.24. The Balaban J connectivity index is 1.63. The van der Waals surface area contributed by atoms with E-state index in [1.807, 2.05) is 24.3 Å². The van der Waals surface area contributed by atoms with Crippen LogP contribution in [0.4, 0.5) is 0 Å². The maximum absolute atomic E-state index is 13.6. The minimum absolute atomic E-state index is 0.137. The van der Waals surface area contributed by atoms with Crippen LogP contribution in [0.1, 0.15) is 31.2 Å². The number of Topliss-reactive ketones (excluding diaryl/α,β-unsaturated/α-hetero) is 1. The van der Waals surface area contributed by atoms with Crippen molar-refractivity contribution in [1.29, 1.82) is 0 Å². The van der Waals surface area contributed by atoms with Crippen molar-refractivity contribution in [2.24, 2.45) is 4.99 Å². The zero-order valence-electron chi connectivity index (χ0n) is 19.5. The second kappa shape index (κ2) is 9.58. The monoisotopic (exact) mass is 538 g/mol. The average Bonchev–Trinajstić information content (AvgIpc) is 3.42. The van der Waals surface area contributed by atoms with Crippen molar-refractivity contribution in [3.63, 3.8) is 0 Å². The molecular formula is C27H20Cl2N2O4S. The first-order valence-corrected chi connectivity index (χ1v) is 12.6. The molecule has 0 unspecified atom stereocenters. The van der Waals surface area contributed by atoms with Crippen LogP contribution in [0.15, 0.2) is 80.1 Å². The summed E-state index contributed by atoms with van der Waals surface area (Å²) in [5.74, 6) is 1.60. The van der Waals surface area contributed by atoms with Gasteiger partial charge >= 0.3 is 0 Å². The van der Waals surface area contributed by atoms with Crippen LogP contribution in [0, 0.1) is 0 Å². The van der Waals surface area contributed by atoms with Crippen molar-refractivity contribution in [3.05, 3.63) is 107 Å². The van der Waals surface area contributed by atoms with Crippen molar-refractivity contribution in [2.75, 3.05) is 7.11 Å². The molecule has 0 bridgehead atoms. The summed E-state index contributed by atoms with van der Waals surface area (Å²) in [6.07, 6.45) is 1.68. The first kappa shape index (κ1) is 24.3. The van der Waals surface area contributed by atoms with E-state index in [9.17, 15) is 9.59 Å².